The van der Waals surface area contributed by atoms with Crippen molar-refractivity contribution in [3.63, 3.8) is 0 Å². The van der Waals surface area contributed by atoms with Gasteiger partial charge in [-0.3, -0.25) is 4.98 Å². The number of hydrogen-bond acceptors (Lipinski definition) is 4. The molecule has 2 heterocycles. The van der Waals surface area contributed by atoms with Crippen LogP contribution in [0.3, 0.4) is 0 Å². The average molecular weight is 451 g/mol. The number of benzene rings is 2. The molecule has 31 heavy (non-hydrogen) atoms. The highest BCUT2D eigenvalue weighted by Crippen LogP contribution is 2.57. The highest BCUT2D eigenvalue weighted by molar-refractivity contribution is 7.99. The predicted molar refractivity (Wildman–Crippen MR) is 124 cm³/mol. The Morgan fingerprint density at radius 2 is 1.74 bits per heavy atom. The van der Waals surface area contributed by atoms with Crippen molar-refractivity contribution < 1.29 is 8.42 Å². The first-order valence-electron chi connectivity index (χ1n) is 10.8. The van der Waals surface area contributed by atoms with Crippen molar-refractivity contribution in [2.24, 2.45) is 5.14 Å². The van der Waals surface area contributed by atoms with Crippen molar-refractivity contribution in [3.05, 3.63) is 83.2 Å². The first-order valence-corrected chi connectivity index (χ1v) is 13.1. The van der Waals surface area contributed by atoms with E-state index in [1.807, 2.05) is 18.2 Å². The SMILES string of the molecule is CC(Cc1cc2c(cc1S(N)(=O)=O)Sc1ccccc1C21CCCC1)c1ccncc1. The summed E-state index contributed by atoms with van der Waals surface area (Å²) >= 11 is 1.67. The van der Waals surface area contributed by atoms with Crippen LogP contribution >= 0.6 is 11.8 Å². The number of hydrogen-bond donors (Lipinski definition) is 1. The molecule has 1 spiro atoms. The number of aromatic nitrogens is 1. The first-order chi connectivity index (χ1) is 14.9. The molecular weight excluding hydrogens is 424 g/mol. The van der Waals surface area contributed by atoms with E-state index in [2.05, 4.69) is 42.2 Å². The fraction of sp³-hybridized carbons (Fsp3) is 0.320. The van der Waals surface area contributed by atoms with Gasteiger partial charge in [-0.25, -0.2) is 13.6 Å². The zero-order valence-electron chi connectivity index (χ0n) is 17.5. The zero-order valence-corrected chi connectivity index (χ0v) is 19.2. The highest BCUT2D eigenvalue weighted by atomic mass is 32.2. The Labute approximate surface area is 188 Å². The second kappa shape index (κ2) is 7.76. The van der Waals surface area contributed by atoms with Crippen LogP contribution in [0.15, 0.2) is 75.6 Å². The Morgan fingerprint density at radius 3 is 2.45 bits per heavy atom. The Hall–Kier alpha value is -2.15. The number of nitrogens with two attached hydrogens (primary N) is 1. The summed E-state index contributed by atoms with van der Waals surface area (Å²) in [6, 6.07) is 16.6. The number of rotatable bonds is 4. The molecule has 6 heteroatoms. The number of fused-ring (bicyclic) bond motifs is 4. The van der Waals surface area contributed by atoms with Gasteiger partial charge >= 0.3 is 0 Å². The van der Waals surface area contributed by atoms with Crippen LogP contribution in [0.1, 0.15) is 60.8 Å². The third kappa shape index (κ3) is 3.60. The van der Waals surface area contributed by atoms with E-state index in [0.717, 1.165) is 28.9 Å². The van der Waals surface area contributed by atoms with Crippen LogP contribution in [0.2, 0.25) is 0 Å². The minimum Gasteiger partial charge on any atom is -0.265 e. The fourth-order valence-corrected chi connectivity index (χ4v) is 7.52. The number of sulfonamides is 1. The van der Waals surface area contributed by atoms with Crippen LogP contribution < -0.4 is 5.14 Å². The smallest absolute Gasteiger partial charge is 0.238 e. The predicted octanol–water partition coefficient (Wildman–Crippen LogP) is 5.40. The lowest BCUT2D eigenvalue weighted by Crippen LogP contribution is -2.29. The molecule has 2 N–H and O–H groups in total. The molecule has 0 amide bonds. The van der Waals surface area contributed by atoms with E-state index in [9.17, 15) is 8.42 Å². The molecule has 0 radical (unpaired) electrons. The maximum atomic E-state index is 12.6. The minimum atomic E-state index is -3.83. The second-order valence-corrected chi connectivity index (χ2v) is 11.4. The van der Waals surface area contributed by atoms with Crippen molar-refractivity contribution >= 4 is 21.8 Å². The van der Waals surface area contributed by atoms with Crippen LogP contribution in [0.25, 0.3) is 0 Å². The largest absolute Gasteiger partial charge is 0.265 e. The van der Waals surface area contributed by atoms with Crippen LogP contribution in [-0.2, 0) is 21.9 Å². The van der Waals surface area contributed by atoms with Gasteiger partial charge in [0.1, 0.15) is 0 Å². The Balaban J connectivity index is 1.67. The normalized spacial score (nSPS) is 17.9. The molecule has 5 rings (SSSR count). The standard InChI is InChI=1S/C25H26N2O2S2/c1-17(18-8-12-27-13-9-18)14-19-15-21-23(16-24(19)31(26,28)29)30-22-7-3-2-6-20(22)25(21)10-4-5-11-25/h2-3,6-9,12-13,15-17H,4-5,10-11,14H2,1H3,(H2,26,28,29). The summed E-state index contributed by atoms with van der Waals surface area (Å²) in [4.78, 5) is 6.62. The fourth-order valence-electron chi connectivity index (χ4n) is 5.36. The van der Waals surface area contributed by atoms with Gasteiger partial charge in [-0.2, -0.15) is 0 Å². The zero-order chi connectivity index (χ0) is 21.6. The lowest BCUT2D eigenvalue weighted by molar-refractivity contribution is 0.508. The van der Waals surface area contributed by atoms with E-state index in [1.54, 1.807) is 24.2 Å². The number of pyridine rings is 1. The van der Waals surface area contributed by atoms with Gasteiger partial charge in [-0.15, -0.1) is 0 Å². The summed E-state index contributed by atoms with van der Waals surface area (Å²) in [6.07, 6.45) is 8.76. The maximum absolute atomic E-state index is 12.6. The van der Waals surface area contributed by atoms with E-state index in [4.69, 9.17) is 5.14 Å². The first kappa shape index (κ1) is 20.7. The second-order valence-electron chi connectivity index (χ2n) is 8.77. The van der Waals surface area contributed by atoms with Crippen LogP contribution in [0, 0.1) is 0 Å². The molecule has 1 saturated carbocycles. The van der Waals surface area contributed by atoms with Gasteiger partial charge < -0.3 is 0 Å². The third-order valence-electron chi connectivity index (χ3n) is 6.87. The molecule has 0 bridgehead atoms. The van der Waals surface area contributed by atoms with Gasteiger partial charge in [0.2, 0.25) is 10.0 Å². The molecule has 1 aromatic heterocycles. The molecule has 1 unspecified atom stereocenters. The van der Waals surface area contributed by atoms with E-state index < -0.39 is 10.0 Å². The Bertz CT molecular complexity index is 1230. The van der Waals surface area contributed by atoms with E-state index in [-0.39, 0.29) is 16.2 Å². The quantitative estimate of drug-likeness (QED) is 0.578. The van der Waals surface area contributed by atoms with Crippen LogP contribution in [-0.4, -0.2) is 13.4 Å². The van der Waals surface area contributed by atoms with E-state index >= 15 is 0 Å². The molecular formula is C25H26N2O2S2. The lowest BCUT2D eigenvalue weighted by Gasteiger charge is -2.38. The van der Waals surface area contributed by atoms with Crippen molar-refractivity contribution in [1.82, 2.24) is 4.98 Å². The average Bonchev–Trinajstić information content (AvgIpc) is 3.24. The van der Waals surface area contributed by atoms with Crippen LogP contribution in [0.4, 0.5) is 0 Å². The van der Waals surface area contributed by atoms with Crippen molar-refractivity contribution in [3.8, 4) is 0 Å². The summed E-state index contributed by atoms with van der Waals surface area (Å²) in [6.45, 7) is 2.12. The molecule has 1 fully saturated rings. The molecule has 160 valence electrons. The maximum Gasteiger partial charge on any atom is 0.238 e. The van der Waals surface area contributed by atoms with Crippen LogP contribution in [0.5, 0.6) is 0 Å². The van der Waals surface area contributed by atoms with Gasteiger partial charge in [0.05, 0.1) is 4.90 Å². The van der Waals surface area contributed by atoms with Gasteiger partial charge in [0, 0.05) is 27.6 Å². The van der Waals surface area contributed by atoms with E-state index in [0.29, 0.717) is 6.42 Å². The van der Waals surface area contributed by atoms with Gasteiger partial charge in [0.15, 0.2) is 0 Å². The number of primary sulfonamides is 1. The van der Waals surface area contributed by atoms with Gasteiger partial charge in [0.25, 0.3) is 0 Å². The topological polar surface area (TPSA) is 73.1 Å². The Kier molecular flexibility index (Phi) is 5.19. The van der Waals surface area contributed by atoms with E-state index in [1.165, 1.54) is 28.9 Å². The van der Waals surface area contributed by atoms with Gasteiger partial charge in [-0.1, -0.05) is 55.8 Å². The number of nitrogens with zero attached hydrogens (tertiary/aromatic N) is 1. The summed E-state index contributed by atoms with van der Waals surface area (Å²) in [5.74, 6) is 0.157. The molecule has 3 aromatic rings. The lowest BCUT2D eigenvalue weighted by atomic mass is 9.72. The summed E-state index contributed by atoms with van der Waals surface area (Å²) in [7, 11) is -3.83. The summed E-state index contributed by atoms with van der Waals surface area (Å²) < 4.78 is 25.1. The molecule has 0 saturated heterocycles. The molecule has 2 aliphatic rings. The Morgan fingerprint density at radius 1 is 1.03 bits per heavy atom. The minimum absolute atomic E-state index is 0.0251. The molecule has 1 aliphatic heterocycles. The highest BCUT2D eigenvalue weighted by Gasteiger charge is 2.43. The van der Waals surface area contributed by atoms with Gasteiger partial charge in [-0.05, 0) is 71.7 Å². The monoisotopic (exact) mass is 450 g/mol. The molecule has 2 aromatic carbocycles. The van der Waals surface area contributed by atoms with Crippen molar-refractivity contribution in [1.29, 1.82) is 0 Å². The van der Waals surface area contributed by atoms with Crippen molar-refractivity contribution in [2.45, 2.75) is 65.0 Å². The summed E-state index contributed by atoms with van der Waals surface area (Å²) in [5.41, 5.74) is 4.60. The molecule has 1 aliphatic carbocycles. The molecule has 4 nitrogen and oxygen atoms in total. The third-order valence-corrected chi connectivity index (χ3v) is 8.99. The molecule has 1 atom stereocenters. The summed E-state index contributed by atoms with van der Waals surface area (Å²) in [5, 5.41) is 5.70. The van der Waals surface area contributed by atoms with Crippen molar-refractivity contribution in [2.75, 3.05) is 0 Å².